The number of carbonyl (C=O) groups is 1. The number of para-hydroxylation sites is 2. The molecule has 2 aromatic heterocycles. The van der Waals surface area contributed by atoms with Gasteiger partial charge in [-0.2, -0.15) is 0 Å². The molecule has 156 valence electrons. The maximum Gasteiger partial charge on any atom is 0.356 e. The van der Waals surface area contributed by atoms with Gasteiger partial charge in [0.05, 0.1) is 11.6 Å². The minimum absolute atomic E-state index is 0.0386. The molecule has 2 aromatic carbocycles. The summed E-state index contributed by atoms with van der Waals surface area (Å²) in [4.78, 5) is 26.2. The van der Waals surface area contributed by atoms with Crippen LogP contribution in [0.3, 0.4) is 0 Å². The van der Waals surface area contributed by atoms with E-state index in [1.165, 1.54) is 6.26 Å². The van der Waals surface area contributed by atoms with E-state index in [0.29, 0.717) is 22.5 Å². The van der Waals surface area contributed by atoms with Gasteiger partial charge >= 0.3 is 5.97 Å². The highest BCUT2D eigenvalue weighted by atomic mass is 16.6. The molecule has 5 rings (SSSR count). The van der Waals surface area contributed by atoms with Gasteiger partial charge in [0.25, 0.3) is 0 Å². The second kappa shape index (κ2) is 7.36. The average Bonchev–Trinajstić information content (AvgIpc) is 3.30. The summed E-state index contributed by atoms with van der Waals surface area (Å²) in [5.41, 5.74) is 1.62. The molecule has 0 spiro atoms. The quantitative estimate of drug-likeness (QED) is 0.455. The van der Waals surface area contributed by atoms with Crippen LogP contribution in [0, 0.1) is 13.8 Å². The second-order valence-electron chi connectivity index (χ2n) is 7.31. The first-order valence-corrected chi connectivity index (χ1v) is 9.73. The highest BCUT2D eigenvalue weighted by Crippen LogP contribution is 2.34. The van der Waals surface area contributed by atoms with Crippen LogP contribution in [0.5, 0.6) is 17.2 Å². The van der Waals surface area contributed by atoms with E-state index in [4.69, 9.17) is 23.0 Å². The molecule has 4 aromatic rings. The Bertz CT molecular complexity index is 1350. The zero-order valence-corrected chi connectivity index (χ0v) is 16.8. The largest absolute Gasteiger partial charge is 0.485 e. The van der Waals surface area contributed by atoms with E-state index in [1.807, 2.05) is 19.9 Å². The van der Waals surface area contributed by atoms with E-state index in [1.54, 1.807) is 42.5 Å². The van der Waals surface area contributed by atoms with Crippen molar-refractivity contribution in [2.75, 3.05) is 6.61 Å². The first kappa shape index (κ1) is 19.0. The summed E-state index contributed by atoms with van der Waals surface area (Å²) < 4.78 is 28.2. The number of benzene rings is 2. The molecule has 0 amide bonds. The summed E-state index contributed by atoms with van der Waals surface area (Å²) in [5.74, 6) is 0.267. The Morgan fingerprint density at radius 2 is 1.87 bits per heavy atom. The molecule has 1 atom stereocenters. The van der Waals surface area contributed by atoms with Crippen LogP contribution in [0.15, 0.2) is 68.4 Å². The Morgan fingerprint density at radius 1 is 1.06 bits per heavy atom. The Kier molecular flexibility index (Phi) is 4.51. The molecule has 0 radical (unpaired) electrons. The summed E-state index contributed by atoms with van der Waals surface area (Å²) in [7, 11) is 0. The molecule has 7 nitrogen and oxygen atoms in total. The van der Waals surface area contributed by atoms with Crippen molar-refractivity contribution in [2.45, 2.75) is 20.0 Å². The monoisotopic (exact) mass is 418 g/mol. The molecule has 31 heavy (non-hydrogen) atoms. The van der Waals surface area contributed by atoms with Crippen molar-refractivity contribution in [3.63, 3.8) is 0 Å². The van der Waals surface area contributed by atoms with Crippen molar-refractivity contribution in [1.29, 1.82) is 0 Å². The number of ether oxygens (including phenoxy) is 3. The number of hydrogen-bond acceptors (Lipinski definition) is 7. The number of carbonyl (C=O) groups excluding carboxylic acids is 1. The van der Waals surface area contributed by atoms with Gasteiger partial charge in [-0.05, 0) is 55.3 Å². The van der Waals surface area contributed by atoms with Gasteiger partial charge in [0.1, 0.15) is 12.2 Å². The van der Waals surface area contributed by atoms with E-state index in [0.717, 1.165) is 11.1 Å². The smallest absolute Gasteiger partial charge is 0.356 e. The number of rotatable bonds is 3. The van der Waals surface area contributed by atoms with E-state index >= 15 is 0 Å². The number of fused-ring (bicyclic) bond motifs is 2. The van der Waals surface area contributed by atoms with Gasteiger partial charge in [0.15, 0.2) is 17.3 Å². The lowest BCUT2D eigenvalue weighted by atomic mass is 10.1. The lowest BCUT2D eigenvalue weighted by Gasteiger charge is -2.24. The van der Waals surface area contributed by atoms with Gasteiger partial charge in [-0.15, -0.1) is 0 Å². The van der Waals surface area contributed by atoms with Gasteiger partial charge in [-0.25, -0.2) is 4.79 Å². The third-order valence-electron chi connectivity index (χ3n) is 5.00. The predicted octanol–water partition coefficient (Wildman–Crippen LogP) is 4.42. The Balaban J connectivity index is 1.57. The molecule has 0 saturated carbocycles. The Hall–Kier alpha value is -4.00. The van der Waals surface area contributed by atoms with Crippen LogP contribution in [0.25, 0.3) is 22.5 Å². The van der Waals surface area contributed by atoms with Crippen molar-refractivity contribution in [2.24, 2.45) is 0 Å². The topological polar surface area (TPSA) is 88.1 Å². The third kappa shape index (κ3) is 3.34. The molecule has 0 saturated heterocycles. The third-order valence-corrected chi connectivity index (χ3v) is 5.00. The van der Waals surface area contributed by atoms with Gasteiger partial charge < -0.3 is 23.0 Å². The SMILES string of the molecule is Cc1cc(C)c2oc(-c3ccco3)c(OC(=O)C3COc4ccccc4O3)c(=O)c2c1. The first-order valence-electron chi connectivity index (χ1n) is 9.73. The van der Waals surface area contributed by atoms with Crippen LogP contribution in [0.2, 0.25) is 0 Å². The fourth-order valence-corrected chi connectivity index (χ4v) is 3.60. The lowest BCUT2D eigenvalue weighted by molar-refractivity contribution is -0.144. The van der Waals surface area contributed by atoms with E-state index < -0.39 is 17.5 Å². The van der Waals surface area contributed by atoms with Crippen molar-refractivity contribution < 1.29 is 27.8 Å². The molecule has 1 aliphatic heterocycles. The fourth-order valence-electron chi connectivity index (χ4n) is 3.60. The maximum atomic E-state index is 13.3. The van der Waals surface area contributed by atoms with Gasteiger partial charge in [0.2, 0.25) is 23.0 Å². The highest BCUT2D eigenvalue weighted by Gasteiger charge is 2.32. The number of furan rings is 1. The highest BCUT2D eigenvalue weighted by molar-refractivity contribution is 5.87. The second-order valence-corrected chi connectivity index (χ2v) is 7.31. The van der Waals surface area contributed by atoms with Crippen molar-refractivity contribution in [1.82, 2.24) is 0 Å². The molecule has 0 fully saturated rings. The van der Waals surface area contributed by atoms with Crippen LogP contribution in [0.4, 0.5) is 0 Å². The number of hydrogen-bond donors (Lipinski definition) is 0. The zero-order valence-electron chi connectivity index (χ0n) is 16.8. The van der Waals surface area contributed by atoms with Gasteiger partial charge in [0, 0.05) is 0 Å². The fraction of sp³-hybridized carbons (Fsp3) is 0.167. The van der Waals surface area contributed by atoms with E-state index in [2.05, 4.69) is 0 Å². The molecule has 0 aliphatic carbocycles. The molecule has 1 unspecified atom stereocenters. The minimum Gasteiger partial charge on any atom is -0.485 e. The molecule has 0 bridgehead atoms. The standard InChI is InChI=1S/C24H18O7/c1-13-10-14(2)21-15(11-13)20(25)23(22(30-21)18-8-5-9-27-18)31-24(26)19-12-28-16-6-3-4-7-17(16)29-19/h3-11,19H,12H2,1-2H3. The maximum absolute atomic E-state index is 13.3. The number of aryl methyl sites for hydroxylation is 2. The Labute approximate surface area is 176 Å². The van der Waals surface area contributed by atoms with Crippen LogP contribution < -0.4 is 19.6 Å². The molecule has 0 N–H and O–H groups in total. The molecule has 3 heterocycles. The van der Waals surface area contributed by atoms with Gasteiger partial charge in [-0.1, -0.05) is 18.2 Å². The van der Waals surface area contributed by atoms with Gasteiger partial charge in [-0.3, -0.25) is 4.79 Å². The van der Waals surface area contributed by atoms with Crippen molar-refractivity contribution in [3.05, 3.63) is 76.1 Å². The van der Waals surface area contributed by atoms with Crippen LogP contribution in [0.1, 0.15) is 11.1 Å². The molecule has 7 heteroatoms. The number of esters is 1. The summed E-state index contributed by atoms with van der Waals surface area (Å²) in [5, 5.41) is 0.321. The van der Waals surface area contributed by atoms with Crippen molar-refractivity contribution in [3.8, 4) is 28.8 Å². The Morgan fingerprint density at radius 3 is 2.65 bits per heavy atom. The van der Waals surface area contributed by atoms with Crippen LogP contribution in [-0.4, -0.2) is 18.7 Å². The molecular weight excluding hydrogens is 400 g/mol. The van der Waals surface area contributed by atoms with Crippen LogP contribution >= 0.6 is 0 Å². The van der Waals surface area contributed by atoms with Crippen molar-refractivity contribution >= 4 is 16.9 Å². The normalized spacial score (nSPS) is 15.1. The first-order chi connectivity index (χ1) is 15.0. The summed E-state index contributed by atoms with van der Waals surface area (Å²) in [6.45, 7) is 3.69. The zero-order chi connectivity index (χ0) is 21.5. The molecular formula is C24H18O7. The summed E-state index contributed by atoms with van der Waals surface area (Å²) >= 11 is 0. The summed E-state index contributed by atoms with van der Waals surface area (Å²) in [6, 6.07) is 13.9. The summed E-state index contributed by atoms with van der Waals surface area (Å²) in [6.07, 6.45) is 0.413. The minimum atomic E-state index is -1.03. The molecule has 1 aliphatic rings. The average molecular weight is 418 g/mol. The lowest BCUT2D eigenvalue weighted by Crippen LogP contribution is -2.40. The van der Waals surface area contributed by atoms with E-state index in [-0.39, 0.29) is 23.9 Å². The van der Waals surface area contributed by atoms with E-state index in [9.17, 15) is 9.59 Å². The predicted molar refractivity (Wildman–Crippen MR) is 112 cm³/mol. The van der Waals surface area contributed by atoms with Crippen LogP contribution in [-0.2, 0) is 4.79 Å².